The van der Waals surface area contributed by atoms with Crippen LogP contribution in [0.25, 0.3) is 16.6 Å². The minimum atomic E-state index is -5.18. The quantitative estimate of drug-likeness (QED) is 0.447. The van der Waals surface area contributed by atoms with Crippen molar-refractivity contribution >= 4 is 16.8 Å². The predicted molar refractivity (Wildman–Crippen MR) is 110 cm³/mol. The fourth-order valence-electron chi connectivity index (χ4n) is 3.58. The van der Waals surface area contributed by atoms with Crippen LogP contribution in [0.4, 0.5) is 17.6 Å². The number of halogens is 4. The molecule has 1 amide bonds. The largest absolute Gasteiger partial charge is 0.425 e. The van der Waals surface area contributed by atoms with Crippen LogP contribution in [-0.4, -0.2) is 31.5 Å². The van der Waals surface area contributed by atoms with Crippen LogP contribution in [0.1, 0.15) is 11.1 Å². The molecule has 0 radical (unpaired) electrons. The smallest absolute Gasteiger partial charge is 0.372 e. The van der Waals surface area contributed by atoms with Crippen molar-refractivity contribution in [2.75, 3.05) is 0 Å². The van der Waals surface area contributed by atoms with Gasteiger partial charge in [-0.1, -0.05) is 6.07 Å². The molecule has 2 aromatic heterocycles. The Hall–Kier alpha value is -3.99. The highest BCUT2D eigenvalue weighted by Crippen LogP contribution is 2.44. The monoisotopic (exact) mass is 460 g/mol. The number of carbonyl (C=O) groups is 1. The Labute approximate surface area is 183 Å². The lowest BCUT2D eigenvalue weighted by molar-refractivity contribution is -0.248. The van der Waals surface area contributed by atoms with Gasteiger partial charge in [0.05, 0.1) is 17.4 Å². The number of benzene rings is 2. The molecule has 0 aliphatic carbocycles. The van der Waals surface area contributed by atoms with Crippen molar-refractivity contribution < 1.29 is 27.5 Å². The average Bonchev–Trinajstić information content (AvgIpc) is 3.17. The maximum Gasteiger partial charge on any atom is 0.425 e. The molecule has 0 fully saturated rings. The normalized spacial score (nSPS) is 13.7. The van der Waals surface area contributed by atoms with Crippen LogP contribution in [0.15, 0.2) is 71.8 Å². The number of carbonyl (C=O) groups excluding carboxylic acids is 1. The Balaban J connectivity index is 1.86. The summed E-state index contributed by atoms with van der Waals surface area (Å²) >= 11 is 0. The molecule has 4 rings (SSSR count). The van der Waals surface area contributed by atoms with Gasteiger partial charge in [0.15, 0.2) is 0 Å². The van der Waals surface area contributed by atoms with E-state index in [0.29, 0.717) is 15.8 Å². The number of fused-ring (bicyclic) bond motifs is 1. The lowest BCUT2D eigenvalue weighted by Crippen LogP contribution is -2.44. The first-order valence-corrected chi connectivity index (χ1v) is 9.53. The third-order valence-corrected chi connectivity index (χ3v) is 5.19. The Morgan fingerprint density at radius 3 is 2.33 bits per heavy atom. The molecule has 0 aliphatic rings. The van der Waals surface area contributed by atoms with E-state index >= 15 is 0 Å². The number of aromatic nitrogens is 3. The summed E-state index contributed by atoms with van der Waals surface area (Å²) in [6, 6.07) is 10.6. The van der Waals surface area contributed by atoms with Crippen LogP contribution in [0.3, 0.4) is 0 Å². The van der Waals surface area contributed by atoms with Crippen molar-refractivity contribution in [3.63, 3.8) is 0 Å². The van der Waals surface area contributed by atoms with E-state index in [1.807, 2.05) is 0 Å². The van der Waals surface area contributed by atoms with Crippen molar-refractivity contribution in [2.45, 2.75) is 18.3 Å². The number of amides is 1. The van der Waals surface area contributed by atoms with E-state index in [4.69, 9.17) is 5.73 Å². The molecule has 7 nitrogen and oxygen atoms in total. The van der Waals surface area contributed by atoms with Crippen LogP contribution in [0.2, 0.25) is 0 Å². The van der Waals surface area contributed by atoms with Gasteiger partial charge in [-0.2, -0.15) is 18.3 Å². The van der Waals surface area contributed by atoms with Crippen LogP contribution in [-0.2, 0) is 16.9 Å². The van der Waals surface area contributed by atoms with E-state index in [1.165, 1.54) is 41.2 Å². The zero-order chi connectivity index (χ0) is 24.0. The molecule has 0 bridgehead atoms. The van der Waals surface area contributed by atoms with Crippen LogP contribution >= 0.6 is 0 Å². The first-order valence-electron chi connectivity index (χ1n) is 9.53. The van der Waals surface area contributed by atoms with Gasteiger partial charge in [-0.25, -0.2) is 9.07 Å². The molecule has 1 unspecified atom stereocenters. The predicted octanol–water partition coefficient (Wildman–Crippen LogP) is 2.61. The van der Waals surface area contributed by atoms with E-state index in [2.05, 4.69) is 5.10 Å². The van der Waals surface area contributed by atoms with Gasteiger partial charge < -0.3 is 15.4 Å². The Morgan fingerprint density at radius 1 is 1.03 bits per heavy atom. The number of alkyl halides is 3. The second kappa shape index (κ2) is 7.85. The maximum absolute atomic E-state index is 14.2. The lowest BCUT2D eigenvalue weighted by Gasteiger charge is -2.31. The summed E-state index contributed by atoms with van der Waals surface area (Å²) in [5, 5.41) is 15.4. The number of pyridine rings is 1. The molecule has 3 N–H and O–H groups in total. The first kappa shape index (κ1) is 22.2. The molecule has 1 atom stereocenters. The highest BCUT2D eigenvalue weighted by Gasteiger charge is 2.56. The summed E-state index contributed by atoms with van der Waals surface area (Å²) in [6.07, 6.45) is -3.11. The maximum atomic E-state index is 14.2. The highest BCUT2D eigenvalue weighted by atomic mass is 19.4. The fraction of sp³-hybridized carbons (Fsp3) is 0.136. The van der Waals surface area contributed by atoms with Gasteiger partial charge in [0.1, 0.15) is 12.4 Å². The van der Waals surface area contributed by atoms with Crippen LogP contribution < -0.4 is 11.3 Å². The fourth-order valence-corrected chi connectivity index (χ4v) is 3.58. The number of rotatable bonds is 5. The number of nitrogens with zero attached hydrogens (tertiary/aromatic N) is 3. The third-order valence-electron chi connectivity index (χ3n) is 5.19. The second-order valence-corrected chi connectivity index (χ2v) is 7.36. The van der Waals surface area contributed by atoms with Crippen molar-refractivity contribution in [1.29, 1.82) is 0 Å². The molecule has 33 heavy (non-hydrogen) atoms. The van der Waals surface area contributed by atoms with Gasteiger partial charge in [0.2, 0.25) is 11.5 Å². The van der Waals surface area contributed by atoms with Crippen molar-refractivity contribution in [2.24, 2.45) is 5.73 Å². The minimum Gasteiger partial charge on any atom is -0.372 e. The Morgan fingerprint density at radius 2 is 1.70 bits per heavy atom. The molecule has 0 saturated heterocycles. The highest BCUT2D eigenvalue weighted by molar-refractivity contribution is 5.81. The second-order valence-electron chi connectivity index (χ2n) is 7.36. The van der Waals surface area contributed by atoms with E-state index in [0.717, 1.165) is 30.5 Å². The summed E-state index contributed by atoms with van der Waals surface area (Å²) in [6.45, 7) is -0.649. The van der Waals surface area contributed by atoms with Crippen molar-refractivity contribution in [3.8, 4) is 5.69 Å². The van der Waals surface area contributed by atoms with E-state index < -0.39 is 46.7 Å². The summed E-state index contributed by atoms with van der Waals surface area (Å²) in [7, 11) is 0. The average molecular weight is 460 g/mol. The molecule has 2 aromatic carbocycles. The zero-order valence-corrected chi connectivity index (χ0v) is 16.8. The van der Waals surface area contributed by atoms with Gasteiger partial charge in [-0.3, -0.25) is 9.59 Å². The van der Waals surface area contributed by atoms with Crippen molar-refractivity contribution in [3.05, 3.63) is 94.3 Å². The summed E-state index contributed by atoms with van der Waals surface area (Å²) in [4.78, 5) is 23.1. The topological polar surface area (TPSA) is 103 Å². The molecule has 0 spiro atoms. The molecule has 0 saturated carbocycles. The van der Waals surface area contributed by atoms with Gasteiger partial charge in [-0.05, 0) is 48.0 Å². The molecular weight excluding hydrogens is 444 g/mol. The summed E-state index contributed by atoms with van der Waals surface area (Å²) in [5.74, 6) is -1.38. The lowest BCUT2D eigenvalue weighted by atomic mass is 9.86. The molecule has 4 aromatic rings. The number of primary amides is 1. The molecular formula is C22H16F4N4O3. The Kier molecular flexibility index (Phi) is 5.29. The number of hydrogen-bond donors (Lipinski definition) is 2. The van der Waals surface area contributed by atoms with Gasteiger partial charge in [0.25, 0.3) is 5.56 Å². The number of nitrogens with two attached hydrogens (primary N) is 1. The molecule has 170 valence electrons. The molecule has 11 heteroatoms. The van der Waals surface area contributed by atoms with Crippen LogP contribution in [0.5, 0.6) is 0 Å². The molecule has 2 heterocycles. The van der Waals surface area contributed by atoms with E-state index in [-0.39, 0.29) is 5.39 Å². The Bertz CT molecular complexity index is 1410. The summed E-state index contributed by atoms with van der Waals surface area (Å²) in [5.41, 5.74) is 0.537. The molecule has 0 aliphatic heterocycles. The van der Waals surface area contributed by atoms with Gasteiger partial charge >= 0.3 is 6.18 Å². The van der Waals surface area contributed by atoms with E-state index in [1.54, 1.807) is 0 Å². The third kappa shape index (κ3) is 3.87. The number of aliphatic hydroxyl groups is 1. The first-order chi connectivity index (χ1) is 15.5. The standard InChI is InChI=1S/C22H16F4N4O3/c23-16-3-5-17(6-4-16)30-18-7-1-14(9-13(18)10-28-30)21(33,22(24,25)26)15-2-8-20(32)29(11-15)12-19(27)31/h1-11,33H,12H2,(H2,27,31). The summed E-state index contributed by atoms with van der Waals surface area (Å²) < 4.78 is 57.9. The SMILES string of the molecule is NC(=O)Cn1cc(C(O)(c2ccc3c(cnn3-c3ccc(F)cc3)c2)C(F)(F)F)ccc1=O. The number of hydrogen-bond acceptors (Lipinski definition) is 4. The zero-order valence-electron chi connectivity index (χ0n) is 16.8. The van der Waals surface area contributed by atoms with Gasteiger partial charge in [-0.15, -0.1) is 0 Å². The van der Waals surface area contributed by atoms with Crippen molar-refractivity contribution in [1.82, 2.24) is 14.3 Å². The van der Waals surface area contributed by atoms with E-state index in [9.17, 15) is 32.3 Å². The van der Waals surface area contributed by atoms with Crippen LogP contribution in [0, 0.1) is 5.82 Å². The minimum absolute atomic E-state index is 0.282. The van der Waals surface area contributed by atoms with Gasteiger partial charge in [0, 0.05) is 23.2 Å².